The van der Waals surface area contributed by atoms with Crippen molar-refractivity contribution >= 4 is 35.3 Å². The highest BCUT2D eigenvalue weighted by atomic mass is 35.5. The van der Waals surface area contributed by atoms with E-state index >= 15 is 0 Å². The van der Waals surface area contributed by atoms with Crippen molar-refractivity contribution in [2.24, 2.45) is 5.92 Å². The molecule has 8 rings (SSSR count). The van der Waals surface area contributed by atoms with Crippen molar-refractivity contribution in [1.82, 2.24) is 10.2 Å². The summed E-state index contributed by atoms with van der Waals surface area (Å²) < 4.78 is 24.1. The van der Waals surface area contributed by atoms with Crippen molar-refractivity contribution in [2.45, 2.75) is 43.9 Å². The Bertz CT molecular complexity index is 2210. The first-order chi connectivity index (χ1) is 27.6. The molecular weight excluding hydrogens is 769 g/mol. The fourth-order valence-corrected chi connectivity index (χ4v) is 8.60. The van der Waals surface area contributed by atoms with E-state index < -0.39 is 24.0 Å². The summed E-state index contributed by atoms with van der Waals surface area (Å²) in [6.07, 6.45) is 4.00. The van der Waals surface area contributed by atoms with Crippen LogP contribution in [0, 0.1) is 11.1 Å². The zero-order chi connectivity index (χ0) is 40.1. The van der Waals surface area contributed by atoms with Gasteiger partial charge in [-0.2, -0.15) is 4.73 Å². The molecule has 1 aromatic heterocycles. The molecular formula is C44H43Cl2N3O8. The average Bonchev–Trinajstić information content (AvgIpc) is 3.22. The maximum atomic E-state index is 13.4. The van der Waals surface area contributed by atoms with Gasteiger partial charge < -0.3 is 34.6 Å². The van der Waals surface area contributed by atoms with Gasteiger partial charge in [-0.1, -0.05) is 83.9 Å². The lowest BCUT2D eigenvalue weighted by molar-refractivity contribution is -0.605. The summed E-state index contributed by atoms with van der Waals surface area (Å²) >= 11 is 13.2. The standard InChI is InChI=1S/C44H43Cl2N3O8/c1-54-38-15-14-29(21-39(38)55-2)34(22-35-36(45)23-49(53)24-37(35)46)41-31(11-7-13-33(41)43(50)51)26-56-32-12-6-10-30(20-32)42(28-8-4-3-5-9-28)47-44(52)57-40-25-48-18-16-27(40)17-19-48/h3-15,20-21,23-24,27,34,40,42H,16-19,22,25-26H2,1-2H3,(H,47,52)(H,50,51)/t34-,40-,42-/m0/s1. The number of carbonyl (C=O) groups excluding carboxylic acids is 1. The van der Waals surface area contributed by atoms with E-state index in [-0.39, 0.29) is 34.7 Å². The zero-order valence-corrected chi connectivity index (χ0v) is 33.0. The number of benzene rings is 4. The van der Waals surface area contributed by atoms with Crippen LogP contribution in [0.15, 0.2) is 103 Å². The highest BCUT2D eigenvalue weighted by Crippen LogP contribution is 2.40. The summed E-state index contributed by atoms with van der Waals surface area (Å²) in [4.78, 5) is 28.7. The fraction of sp³-hybridized carbons (Fsp3) is 0.295. The molecule has 0 aliphatic carbocycles. The van der Waals surface area contributed by atoms with Crippen molar-refractivity contribution in [2.75, 3.05) is 33.9 Å². The van der Waals surface area contributed by atoms with Crippen molar-refractivity contribution in [1.29, 1.82) is 0 Å². The van der Waals surface area contributed by atoms with E-state index in [4.69, 9.17) is 42.1 Å². The molecule has 1 amide bonds. The number of carbonyl (C=O) groups is 2. The lowest BCUT2D eigenvalue weighted by atomic mass is 9.81. The van der Waals surface area contributed by atoms with Gasteiger partial charge in [-0.05, 0) is 96.4 Å². The maximum Gasteiger partial charge on any atom is 0.408 e. The number of nitrogens with one attached hydrogen (secondary N) is 1. The molecule has 296 valence electrons. The summed E-state index contributed by atoms with van der Waals surface area (Å²) in [5, 5.41) is 26.1. The Morgan fingerprint density at radius 3 is 2.25 bits per heavy atom. The van der Waals surface area contributed by atoms with Crippen LogP contribution in [0.5, 0.6) is 17.2 Å². The number of fused-ring (bicyclic) bond motifs is 3. The van der Waals surface area contributed by atoms with E-state index in [0.29, 0.717) is 50.2 Å². The Balaban J connectivity index is 1.21. The largest absolute Gasteiger partial charge is 0.619 e. The average molecular weight is 813 g/mol. The lowest BCUT2D eigenvalue weighted by Gasteiger charge is -2.43. The first-order valence-corrected chi connectivity index (χ1v) is 19.5. The summed E-state index contributed by atoms with van der Waals surface area (Å²) in [6, 6.07) is 27.0. The number of aromatic nitrogens is 1. The smallest absolute Gasteiger partial charge is 0.408 e. The topological polar surface area (TPSA) is 134 Å². The number of hydrogen-bond donors (Lipinski definition) is 2. The van der Waals surface area contributed by atoms with Gasteiger partial charge in [-0.3, -0.25) is 4.90 Å². The number of carboxylic acid groups (broad SMARTS) is 1. The minimum Gasteiger partial charge on any atom is -0.619 e. The number of aromatic carboxylic acids is 1. The number of hydrogen-bond acceptors (Lipinski definition) is 8. The minimum absolute atomic E-state index is 0.00838. The van der Waals surface area contributed by atoms with Crippen LogP contribution in [-0.2, 0) is 17.8 Å². The lowest BCUT2D eigenvalue weighted by Crippen LogP contribution is -2.52. The van der Waals surface area contributed by atoms with Gasteiger partial charge in [0.2, 0.25) is 0 Å². The summed E-state index contributed by atoms with van der Waals surface area (Å²) in [5.41, 5.74) is 3.93. The monoisotopic (exact) mass is 811 g/mol. The van der Waals surface area contributed by atoms with E-state index in [2.05, 4.69) is 10.2 Å². The number of piperidine rings is 3. The molecule has 0 radical (unpaired) electrons. The Morgan fingerprint density at radius 1 is 0.877 bits per heavy atom. The number of ether oxygens (including phenoxy) is 4. The van der Waals surface area contributed by atoms with Gasteiger partial charge in [0.05, 0.1) is 25.8 Å². The van der Waals surface area contributed by atoms with E-state index in [1.165, 1.54) is 26.6 Å². The molecule has 3 saturated heterocycles. The molecule has 0 saturated carbocycles. The van der Waals surface area contributed by atoms with Crippen LogP contribution in [0.3, 0.4) is 0 Å². The van der Waals surface area contributed by atoms with E-state index in [1.807, 2.05) is 66.7 Å². The first-order valence-electron chi connectivity index (χ1n) is 18.7. The Kier molecular flexibility index (Phi) is 12.4. The highest BCUT2D eigenvalue weighted by Gasteiger charge is 2.37. The van der Waals surface area contributed by atoms with E-state index in [9.17, 15) is 19.9 Å². The summed E-state index contributed by atoms with van der Waals surface area (Å²) in [7, 11) is 3.05. The van der Waals surface area contributed by atoms with E-state index in [1.54, 1.807) is 24.3 Å². The second-order valence-electron chi connectivity index (χ2n) is 14.3. The van der Waals surface area contributed by atoms with Gasteiger partial charge in [0.15, 0.2) is 23.9 Å². The molecule has 3 fully saturated rings. The molecule has 2 bridgehead atoms. The molecule has 3 atom stereocenters. The molecule has 0 unspecified atom stereocenters. The normalized spacial score (nSPS) is 18.3. The molecule has 5 aromatic rings. The SMILES string of the molecule is COc1ccc([C@H](Cc2c(Cl)c[n+]([O-])cc2Cl)c2c(COc3cccc([C@@H](NC(=O)O[C@H]4CN5CCC4CC5)c4ccccc4)c3)cccc2C(=O)O)cc1OC. The van der Waals surface area contributed by atoms with Crippen LogP contribution < -0.4 is 24.3 Å². The number of carboxylic acids is 1. The van der Waals surface area contributed by atoms with Gasteiger partial charge in [0.25, 0.3) is 0 Å². The predicted octanol–water partition coefficient (Wildman–Crippen LogP) is 8.21. The molecule has 3 aliphatic rings. The number of pyridine rings is 1. The van der Waals surface area contributed by atoms with Crippen LogP contribution in [0.2, 0.25) is 10.0 Å². The second kappa shape index (κ2) is 17.8. The van der Waals surface area contributed by atoms with Gasteiger partial charge >= 0.3 is 12.1 Å². The van der Waals surface area contributed by atoms with Crippen LogP contribution in [0.4, 0.5) is 4.79 Å². The number of amides is 1. The van der Waals surface area contributed by atoms with Gasteiger partial charge in [-0.15, -0.1) is 0 Å². The van der Waals surface area contributed by atoms with E-state index in [0.717, 1.165) is 43.6 Å². The molecule has 11 nitrogen and oxygen atoms in total. The summed E-state index contributed by atoms with van der Waals surface area (Å²) in [5.74, 6) is 0.0321. The highest BCUT2D eigenvalue weighted by molar-refractivity contribution is 6.35. The van der Waals surface area contributed by atoms with Crippen LogP contribution in [-0.4, -0.2) is 62.0 Å². The third-order valence-corrected chi connectivity index (χ3v) is 11.5. The Labute approximate surface area is 341 Å². The zero-order valence-electron chi connectivity index (χ0n) is 31.5. The van der Waals surface area contributed by atoms with Gasteiger partial charge in [0, 0.05) is 18.0 Å². The van der Waals surface area contributed by atoms with Crippen molar-refractivity contribution in [3.63, 3.8) is 0 Å². The summed E-state index contributed by atoms with van der Waals surface area (Å²) in [6.45, 7) is 2.83. The fourth-order valence-electron chi connectivity index (χ4n) is 8.01. The number of nitrogens with zero attached hydrogens (tertiary/aromatic N) is 2. The number of methoxy groups -OCH3 is 2. The van der Waals surface area contributed by atoms with Crippen LogP contribution in [0.1, 0.15) is 68.5 Å². The second-order valence-corrected chi connectivity index (χ2v) is 15.1. The van der Waals surface area contributed by atoms with Gasteiger partial charge in [0.1, 0.15) is 28.5 Å². The molecule has 4 heterocycles. The maximum absolute atomic E-state index is 13.4. The third kappa shape index (κ3) is 9.06. The Morgan fingerprint density at radius 2 is 1.58 bits per heavy atom. The van der Waals surface area contributed by atoms with Crippen molar-refractivity contribution < 1.29 is 38.4 Å². The van der Waals surface area contributed by atoms with Crippen molar-refractivity contribution in [3.05, 3.63) is 158 Å². The molecule has 13 heteroatoms. The molecule has 57 heavy (non-hydrogen) atoms. The van der Waals surface area contributed by atoms with Crippen LogP contribution >= 0.6 is 23.2 Å². The number of rotatable bonds is 14. The molecule has 4 aromatic carbocycles. The number of halogens is 2. The number of alkyl carbamates (subject to hydrolysis) is 1. The first kappa shape index (κ1) is 39.7. The molecule has 0 spiro atoms. The molecule has 2 N–H and O–H groups in total. The van der Waals surface area contributed by atoms with Crippen LogP contribution in [0.25, 0.3) is 0 Å². The van der Waals surface area contributed by atoms with Gasteiger partial charge in [-0.25, -0.2) is 9.59 Å². The van der Waals surface area contributed by atoms with Crippen molar-refractivity contribution in [3.8, 4) is 17.2 Å². The Hall–Kier alpha value is -5.49. The minimum atomic E-state index is -1.14. The predicted molar refractivity (Wildman–Crippen MR) is 216 cm³/mol. The molecule has 3 aliphatic heterocycles. The quantitative estimate of drug-likeness (QED) is 0.0841. The third-order valence-electron chi connectivity index (χ3n) is 10.9.